The molecule has 9 nitrogen and oxygen atoms in total. The van der Waals surface area contributed by atoms with Gasteiger partial charge in [-0.05, 0) is 44.7 Å². The van der Waals surface area contributed by atoms with Crippen LogP contribution in [0.3, 0.4) is 0 Å². The normalized spacial score (nSPS) is 16.8. The molecule has 0 radical (unpaired) electrons. The second kappa shape index (κ2) is 10.3. The van der Waals surface area contributed by atoms with Gasteiger partial charge >= 0.3 is 0 Å². The first-order chi connectivity index (χ1) is 17.8. The number of nitrogens with one attached hydrogen (secondary N) is 2. The molecule has 5 rings (SSSR count). The maximum atomic E-state index is 10.9. The highest BCUT2D eigenvalue weighted by Gasteiger charge is 2.45. The number of benzene rings is 1. The maximum Gasteiger partial charge on any atom is 0.225 e. The highest BCUT2D eigenvalue weighted by Crippen LogP contribution is 2.48. The number of aliphatic hydroxyl groups is 3. The van der Waals surface area contributed by atoms with Gasteiger partial charge in [0, 0.05) is 18.7 Å². The van der Waals surface area contributed by atoms with Crippen molar-refractivity contribution in [2.24, 2.45) is 5.92 Å². The number of fused-ring (bicyclic) bond motifs is 1. The Balaban J connectivity index is 1.53. The summed E-state index contributed by atoms with van der Waals surface area (Å²) < 4.78 is 0.973. The zero-order valence-corrected chi connectivity index (χ0v) is 22.0. The van der Waals surface area contributed by atoms with E-state index in [1.54, 1.807) is 12.4 Å². The molecule has 1 aromatic carbocycles. The first kappa shape index (κ1) is 25.5. The van der Waals surface area contributed by atoms with Crippen LogP contribution >= 0.6 is 11.3 Å². The Morgan fingerprint density at radius 2 is 1.81 bits per heavy atom. The lowest BCUT2D eigenvalue weighted by Crippen LogP contribution is -2.40. The van der Waals surface area contributed by atoms with E-state index in [9.17, 15) is 15.3 Å². The Morgan fingerprint density at radius 3 is 2.46 bits per heavy atom. The molecule has 3 aromatic heterocycles. The number of pyridine rings is 1. The van der Waals surface area contributed by atoms with E-state index in [1.165, 1.54) is 22.5 Å². The van der Waals surface area contributed by atoms with Gasteiger partial charge in [-0.15, -0.1) is 11.3 Å². The van der Waals surface area contributed by atoms with E-state index in [0.717, 1.165) is 23.1 Å². The molecule has 0 bridgehead atoms. The molecule has 3 heterocycles. The van der Waals surface area contributed by atoms with Crippen LogP contribution in [0.15, 0.2) is 42.7 Å². The molecule has 10 heteroatoms. The van der Waals surface area contributed by atoms with Gasteiger partial charge in [-0.2, -0.15) is 4.98 Å². The van der Waals surface area contributed by atoms with Gasteiger partial charge < -0.3 is 26.0 Å². The van der Waals surface area contributed by atoms with Crippen LogP contribution in [0.1, 0.15) is 43.0 Å². The van der Waals surface area contributed by atoms with Crippen LogP contribution in [-0.4, -0.2) is 54.2 Å². The van der Waals surface area contributed by atoms with Crippen molar-refractivity contribution in [1.29, 1.82) is 0 Å². The Bertz CT molecular complexity index is 1350. The number of nitrogens with zero attached hydrogens (tertiary/aromatic N) is 4. The van der Waals surface area contributed by atoms with Gasteiger partial charge in [0.25, 0.3) is 0 Å². The molecule has 0 aliphatic heterocycles. The average molecular weight is 521 g/mol. The first-order valence-corrected chi connectivity index (χ1v) is 13.3. The van der Waals surface area contributed by atoms with Crippen molar-refractivity contribution in [3.63, 3.8) is 0 Å². The minimum absolute atomic E-state index is 0.233. The Kier molecular flexibility index (Phi) is 7.09. The van der Waals surface area contributed by atoms with Crippen molar-refractivity contribution in [2.75, 3.05) is 17.2 Å². The molecule has 1 saturated carbocycles. The van der Waals surface area contributed by atoms with Crippen molar-refractivity contribution >= 4 is 33.3 Å². The monoisotopic (exact) mass is 520 g/mol. The van der Waals surface area contributed by atoms with Crippen LogP contribution in [-0.2, 0) is 5.54 Å². The molecule has 0 saturated heterocycles. The predicted molar refractivity (Wildman–Crippen MR) is 145 cm³/mol. The van der Waals surface area contributed by atoms with Crippen LogP contribution in [0.2, 0.25) is 0 Å². The van der Waals surface area contributed by atoms with Gasteiger partial charge in [0.15, 0.2) is 6.23 Å². The topological polar surface area (TPSA) is 136 Å². The third-order valence-corrected chi connectivity index (χ3v) is 8.10. The van der Waals surface area contributed by atoms with Crippen LogP contribution in [0, 0.1) is 19.8 Å². The number of anilines is 2. The number of rotatable bonds is 10. The summed E-state index contributed by atoms with van der Waals surface area (Å²) >= 11 is 1.48. The Hall–Kier alpha value is -3.18. The fourth-order valence-electron chi connectivity index (χ4n) is 4.54. The lowest BCUT2D eigenvalue weighted by atomic mass is 9.99. The van der Waals surface area contributed by atoms with Crippen molar-refractivity contribution < 1.29 is 15.3 Å². The van der Waals surface area contributed by atoms with Gasteiger partial charge in [0.05, 0.1) is 27.7 Å². The number of thiazole rings is 1. The van der Waals surface area contributed by atoms with E-state index in [4.69, 9.17) is 15.0 Å². The van der Waals surface area contributed by atoms with E-state index < -0.39 is 18.2 Å². The van der Waals surface area contributed by atoms with Gasteiger partial charge in [-0.1, -0.05) is 36.8 Å². The molecule has 1 aliphatic carbocycles. The fraction of sp³-hybridized carbons (Fsp3) is 0.407. The van der Waals surface area contributed by atoms with E-state index >= 15 is 0 Å². The zero-order chi connectivity index (χ0) is 26.2. The second-order valence-corrected chi connectivity index (χ2v) is 10.8. The lowest BCUT2D eigenvalue weighted by molar-refractivity contribution is -0.0203. The maximum absolute atomic E-state index is 10.9. The third-order valence-electron chi connectivity index (χ3n) is 7.05. The van der Waals surface area contributed by atoms with Crippen LogP contribution in [0.4, 0.5) is 11.8 Å². The number of aliphatic hydroxyl groups excluding tert-OH is 3. The summed E-state index contributed by atoms with van der Waals surface area (Å²) in [4.78, 5) is 18.4. The highest BCUT2D eigenvalue weighted by molar-refractivity contribution is 7.21. The zero-order valence-electron chi connectivity index (χ0n) is 21.1. The Morgan fingerprint density at radius 1 is 1.05 bits per heavy atom. The molecule has 1 fully saturated rings. The van der Waals surface area contributed by atoms with E-state index in [-0.39, 0.29) is 12.1 Å². The van der Waals surface area contributed by atoms with Gasteiger partial charge in [-0.3, -0.25) is 4.98 Å². The molecule has 0 unspecified atom stereocenters. The standard InChI is InChI=1S/C27H32N6O3S/c1-4-17(14-34)22(35)24(36)31-23-21(25-30-19-13-28-12-9-20(19)37-25)16(3)29-26(32-23)33-27(10-11-27)18-7-5-15(2)6-8-18/h5-9,12-13,17,22,24,34-36H,4,10-11,14H2,1-3H3,(H2,29,31,32,33)/t17-,22-,24-/m1/s1. The van der Waals surface area contributed by atoms with Crippen molar-refractivity contribution in [2.45, 2.75) is 57.9 Å². The summed E-state index contributed by atoms with van der Waals surface area (Å²) in [6, 6.07) is 10.4. The summed E-state index contributed by atoms with van der Waals surface area (Å²) in [6.45, 7) is 5.57. The largest absolute Gasteiger partial charge is 0.396 e. The average Bonchev–Trinajstić information content (AvgIpc) is 3.53. The molecule has 1 aliphatic rings. The van der Waals surface area contributed by atoms with E-state index in [1.807, 2.05) is 19.9 Å². The van der Waals surface area contributed by atoms with Crippen molar-refractivity contribution in [3.05, 3.63) is 59.5 Å². The minimum atomic E-state index is -1.35. The summed E-state index contributed by atoms with van der Waals surface area (Å²) in [5.74, 6) is 0.317. The minimum Gasteiger partial charge on any atom is -0.396 e. The van der Waals surface area contributed by atoms with Gasteiger partial charge in [0.1, 0.15) is 22.4 Å². The molecule has 3 atom stereocenters. The quantitative estimate of drug-likeness (QED) is 0.197. The molecule has 5 N–H and O–H groups in total. The number of hydrogen-bond acceptors (Lipinski definition) is 10. The smallest absolute Gasteiger partial charge is 0.225 e. The highest BCUT2D eigenvalue weighted by atomic mass is 32.1. The van der Waals surface area contributed by atoms with E-state index in [2.05, 4.69) is 46.8 Å². The molecule has 0 amide bonds. The van der Waals surface area contributed by atoms with Gasteiger partial charge in [-0.25, -0.2) is 9.97 Å². The van der Waals surface area contributed by atoms with Crippen molar-refractivity contribution in [3.8, 4) is 10.6 Å². The summed E-state index contributed by atoms with van der Waals surface area (Å²) in [5, 5.41) is 38.4. The molecule has 4 aromatic rings. The molecule has 37 heavy (non-hydrogen) atoms. The predicted octanol–water partition coefficient (Wildman–Crippen LogP) is 3.98. The lowest BCUT2D eigenvalue weighted by Gasteiger charge is -2.26. The Labute approximate surface area is 219 Å². The first-order valence-electron chi connectivity index (χ1n) is 12.5. The van der Waals surface area contributed by atoms with E-state index in [0.29, 0.717) is 34.5 Å². The molecule has 194 valence electrons. The van der Waals surface area contributed by atoms with Crippen LogP contribution < -0.4 is 10.6 Å². The summed E-state index contributed by atoms with van der Waals surface area (Å²) in [5.41, 5.74) is 4.24. The van der Waals surface area contributed by atoms with Gasteiger partial charge in [0.2, 0.25) is 5.95 Å². The summed E-state index contributed by atoms with van der Waals surface area (Å²) in [6.07, 6.45) is 3.34. The second-order valence-electron chi connectivity index (χ2n) is 9.72. The molecular formula is C27H32N6O3S. The van der Waals surface area contributed by atoms with Crippen LogP contribution in [0.25, 0.3) is 20.8 Å². The summed E-state index contributed by atoms with van der Waals surface area (Å²) in [7, 11) is 0. The SMILES string of the molecule is CC[C@H](CO)[C@@H](O)[C@@H](O)Nc1nc(NC2(c3ccc(C)cc3)CC2)nc(C)c1-c1nc2cnccc2s1. The molecule has 0 spiro atoms. The van der Waals surface area contributed by atoms with Crippen molar-refractivity contribution in [1.82, 2.24) is 19.9 Å². The fourth-order valence-corrected chi connectivity index (χ4v) is 5.57. The number of aryl methyl sites for hydroxylation is 2. The molecular weight excluding hydrogens is 488 g/mol. The number of aromatic nitrogens is 4. The third kappa shape index (κ3) is 5.15. The van der Waals surface area contributed by atoms with Crippen LogP contribution in [0.5, 0.6) is 0 Å². The number of hydrogen-bond donors (Lipinski definition) is 5.